The summed E-state index contributed by atoms with van der Waals surface area (Å²) in [7, 11) is 0. The first-order valence-corrected chi connectivity index (χ1v) is 13.6. The lowest BCUT2D eigenvalue weighted by molar-refractivity contribution is 1.02. The zero-order valence-electron chi connectivity index (χ0n) is 22.0. The third kappa shape index (κ3) is 3.95. The van der Waals surface area contributed by atoms with Crippen molar-refractivity contribution in [3.8, 4) is 45.0 Å². The molecule has 3 heterocycles. The predicted octanol–water partition coefficient (Wildman–Crippen LogP) is 8.87. The Morgan fingerprint density at radius 3 is 1.76 bits per heavy atom. The molecule has 2 aromatic heterocycles. The highest BCUT2D eigenvalue weighted by Gasteiger charge is 2.29. The number of rotatable bonds is 4. The van der Waals surface area contributed by atoms with Gasteiger partial charge >= 0.3 is 0 Å². The molecule has 192 valence electrons. The molecule has 0 radical (unpaired) electrons. The number of aromatic nitrogens is 4. The van der Waals surface area contributed by atoms with Crippen LogP contribution in [-0.2, 0) is 0 Å². The van der Waals surface area contributed by atoms with Crippen molar-refractivity contribution < 1.29 is 0 Å². The largest absolute Gasteiger partial charge is 0.276 e. The van der Waals surface area contributed by atoms with Gasteiger partial charge < -0.3 is 0 Å². The molecule has 5 nitrogen and oxygen atoms in total. The van der Waals surface area contributed by atoms with Gasteiger partial charge in [-0.1, -0.05) is 103 Å². The van der Waals surface area contributed by atoms with Gasteiger partial charge in [0.15, 0.2) is 11.6 Å². The van der Waals surface area contributed by atoms with Gasteiger partial charge in [0, 0.05) is 28.3 Å². The smallest absolute Gasteiger partial charge is 0.238 e. The standard InChI is InChI=1S/C36H23N5/c1-4-11-24(12-5-1)28-21-27-17-10-18-31-33(27)30(22-28)29-19-20-37-23-32(29)41(31)36-39-34(25-13-6-2-7-14-25)38-35(40-36)26-15-8-3-9-16-26/h1-23H. The van der Waals surface area contributed by atoms with Crippen molar-refractivity contribution >= 4 is 28.1 Å². The van der Waals surface area contributed by atoms with E-state index in [2.05, 4.69) is 70.5 Å². The van der Waals surface area contributed by atoms with E-state index in [1.54, 1.807) is 0 Å². The van der Waals surface area contributed by atoms with Gasteiger partial charge in [0.05, 0.1) is 17.6 Å². The molecule has 41 heavy (non-hydrogen) atoms. The monoisotopic (exact) mass is 525 g/mol. The Labute approximate surface area is 237 Å². The Hall–Kier alpha value is -5.68. The fourth-order valence-corrected chi connectivity index (χ4v) is 5.64. The molecule has 0 N–H and O–H groups in total. The van der Waals surface area contributed by atoms with Crippen molar-refractivity contribution in [2.45, 2.75) is 0 Å². The maximum atomic E-state index is 5.05. The van der Waals surface area contributed by atoms with E-state index in [1.807, 2.05) is 79.1 Å². The number of hydrogen-bond donors (Lipinski definition) is 0. The van der Waals surface area contributed by atoms with E-state index in [0.29, 0.717) is 17.6 Å². The van der Waals surface area contributed by atoms with E-state index >= 15 is 0 Å². The molecule has 0 bridgehead atoms. The molecule has 0 saturated heterocycles. The summed E-state index contributed by atoms with van der Waals surface area (Å²) in [4.78, 5) is 21.7. The maximum absolute atomic E-state index is 5.05. The number of benzene rings is 5. The van der Waals surface area contributed by atoms with E-state index in [9.17, 15) is 0 Å². The highest BCUT2D eigenvalue weighted by molar-refractivity contribution is 6.14. The molecule has 0 fully saturated rings. The molecule has 5 aromatic carbocycles. The number of pyridine rings is 1. The molecule has 5 heteroatoms. The van der Waals surface area contributed by atoms with Crippen LogP contribution in [0.15, 0.2) is 140 Å². The summed E-state index contributed by atoms with van der Waals surface area (Å²) in [6.45, 7) is 0. The van der Waals surface area contributed by atoms with Crippen molar-refractivity contribution in [2.24, 2.45) is 0 Å². The van der Waals surface area contributed by atoms with Crippen LogP contribution in [0.4, 0.5) is 17.3 Å². The van der Waals surface area contributed by atoms with Crippen LogP contribution in [-0.4, -0.2) is 19.9 Å². The van der Waals surface area contributed by atoms with Gasteiger partial charge in [0.1, 0.15) is 0 Å². The van der Waals surface area contributed by atoms with Crippen molar-refractivity contribution in [2.75, 3.05) is 4.90 Å². The topological polar surface area (TPSA) is 54.8 Å². The zero-order chi connectivity index (χ0) is 27.2. The Kier molecular flexibility index (Phi) is 5.38. The highest BCUT2D eigenvalue weighted by Crippen LogP contribution is 2.51. The quantitative estimate of drug-likeness (QED) is 0.230. The van der Waals surface area contributed by atoms with Crippen LogP contribution in [0.3, 0.4) is 0 Å². The Bertz CT molecular complexity index is 1980. The lowest BCUT2D eigenvalue weighted by atomic mass is 9.89. The average Bonchev–Trinajstić information content (AvgIpc) is 3.06. The maximum Gasteiger partial charge on any atom is 0.238 e. The summed E-state index contributed by atoms with van der Waals surface area (Å²) in [6.07, 6.45) is 3.75. The van der Waals surface area contributed by atoms with E-state index in [4.69, 9.17) is 15.0 Å². The lowest BCUT2D eigenvalue weighted by Crippen LogP contribution is -2.19. The first kappa shape index (κ1) is 23.2. The van der Waals surface area contributed by atoms with Crippen molar-refractivity contribution in [3.63, 3.8) is 0 Å². The molecule has 0 unspecified atom stereocenters. The van der Waals surface area contributed by atoms with Crippen LogP contribution in [0, 0.1) is 0 Å². The van der Waals surface area contributed by atoms with Crippen molar-refractivity contribution in [3.05, 3.63) is 140 Å². The molecule has 0 aliphatic carbocycles. The van der Waals surface area contributed by atoms with E-state index in [-0.39, 0.29) is 0 Å². The Balaban J connectivity index is 1.41. The third-order valence-corrected chi connectivity index (χ3v) is 7.52. The zero-order valence-corrected chi connectivity index (χ0v) is 22.0. The van der Waals surface area contributed by atoms with Gasteiger partial charge in [-0.25, -0.2) is 4.98 Å². The van der Waals surface area contributed by atoms with Crippen LogP contribution in [0.5, 0.6) is 0 Å². The lowest BCUT2D eigenvalue weighted by Gasteiger charge is -2.32. The summed E-state index contributed by atoms with van der Waals surface area (Å²) < 4.78 is 0. The fourth-order valence-electron chi connectivity index (χ4n) is 5.64. The molecule has 1 aliphatic rings. The fraction of sp³-hybridized carbons (Fsp3) is 0. The third-order valence-electron chi connectivity index (χ3n) is 7.52. The molecular weight excluding hydrogens is 502 g/mol. The van der Waals surface area contributed by atoms with Gasteiger partial charge in [-0.15, -0.1) is 0 Å². The van der Waals surface area contributed by atoms with Crippen LogP contribution in [0.2, 0.25) is 0 Å². The molecular formula is C36H23N5. The van der Waals surface area contributed by atoms with E-state index < -0.39 is 0 Å². The van der Waals surface area contributed by atoms with Gasteiger partial charge in [0.25, 0.3) is 0 Å². The summed E-state index contributed by atoms with van der Waals surface area (Å²) in [5.41, 5.74) is 8.44. The minimum Gasteiger partial charge on any atom is -0.276 e. The van der Waals surface area contributed by atoms with Gasteiger partial charge in [-0.2, -0.15) is 9.97 Å². The molecule has 0 atom stereocenters. The minimum atomic E-state index is 0.553. The number of fused-ring (bicyclic) bond motifs is 2. The summed E-state index contributed by atoms with van der Waals surface area (Å²) >= 11 is 0. The molecule has 0 spiro atoms. The molecule has 0 amide bonds. The SMILES string of the molecule is c1ccc(-c2cc3c4c(cccc4c2)N(c2nc(-c4ccccc4)nc(-c4ccccc4)n2)c2cnccc2-3)cc1. The second-order valence-corrected chi connectivity index (χ2v) is 10.0. The van der Waals surface area contributed by atoms with Crippen LogP contribution >= 0.6 is 0 Å². The predicted molar refractivity (Wildman–Crippen MR) is 165 cm³/mol. The summed E-state index contributed by atoms with van der Waals surface area (Å²) in [6, 6.07) is 43.7. The summed E-state index contributed by atoms with van der Waals surface area (Å²) in [5, 5.41) is 2.32. The molecule has 0 saturated carbocycles. The number of hydrogen-bond acceptors (Lipinski definition) is 5. The number of anilines is 3. The van der Waals surface area contributed by atoms with Crippen LogP contribution in [0.25, 0.3) is 55.8 Å². The van der Waals surface area contributed by atoms with Crippen LogP contribution in [0.1, 0.15) is 0 Å². The van der Waals surface area contributed by atoms with Crippen molar-refractivity contribution in [1.82, 2.24) is 19.9 Å². The highest BCUT2D eigenvalue weighted by atomic mass is 15.3. The summed E-state index contributed by atoms with van der Waals surface area (Å²) in [5.74, 6) is 1.80. The molecule has 1 aliphatic heterocycles. The second-order valence-electron chi connectivity index (χ2n) is 10.0. The van der Waals surface area contributed by atoms with Crippen molar-refractivity contribution in [1.29, 1.82) is 0 Å². The van der Waals surface area contributed by atoms with E-state index in [0.717, 1.165) is 38.8 Å². The second kappa shape index (κ2) is 9.50. The normalized spacial score (nSPS) is 11.9. The van der Waals surface area contributed by atoms with Gasteiger partial charge in [-0.3, -0.25) is 9.88 Å². The Morgan fingerprint density at radius 2 is 1.10 bits per heavy atom. The van der Waals surface area contributed by atoms with Gasteiger partial charge in [-0.05, 0) is 46.3 Å². The van der Waals surface area contributed by atoms with Crippen LogP contribution < -0.4 is 4.90 Å². The van der Waals surface area contributed by atoms with Gasteiger partial charge in [0.2, 0.25) is 5.95 Å². The first-order chi connectivity index (χ1) is 20.3. The Morgan fingerprint density at radius 1 is 0.463 bits per heavy atom. The first-order valence-electron chi connectivity index (χ1n) is 13.6. The molecule has 7 aromatic rings. The molecule has 8 rings (SSSR count). The number of nitrogens with zero attached hydrogens (tertiary/aromatic N) is 5. The minimum absolute atomic E-state index is 0.553. The van der Waals surface area contributed by atoms with E-state index in [1.165, 1.54) is 16.7 Å². The average molecular weight is 526 g/mol.